The molecular formula is C17H17F2N. The van der Waals surface area contributed by atoms with Gasteiger partial charge in [-0.2, -0.15) is 0 Å². The highest BCUT2D eigenvalue weighted by Gasteiger charge is 2.23. The van der Waals surface area contributed by atoms with Crippen LogP contribution in [0.2, 0.25) is 0 Å². The minimum atomic E-state index is -2.44. The molecule has 0 atom stereocenters. The minimum Gasteiger partial charge on any atom is -0.371 e. The lowest BCUT2D eigenvalue weighted by Crippen LogP contribution is -2.20. The number of hydrogen-bond acceptors (Lipinski definition) is 1. The van der Waals surface area contributed by atoms with Crippen LogP contribution < -0.4 is 4.90 Å². The van der Waals surface area contributed by atoms with Crippen LogP contribution in [0.5, 0.6) is 0 Å². The maximum atomic E-state index is 13.4. The molecule has 1 aliphatic heterocycles. The third-order valence-electron chi connectivity index (χ3n) is 3.81. The second-order valence-electron chi connectivity index (χ2n) is 5.10. The van der Waals surface area contributed by atoms with Gasteiger partial charge in [0.15, 0.2) is 0 Å². The molecule has 0 bridgehead atoms. The van der Waals surface area contributed by atoms with Crippen LogP contribution in [0.25, 0.3) is 11.1 Å². The Morgan fingerprint density at radius 3 is 2.20 bits per heavy atom. The molecule has 0 aromatic heterocycles. The summed E-state index contributed by atoms with van der Waals surface area (Å²) in [5, 5.41) is 0. The predicted molar refractivity (Wildman–Crippen MR) is 78.3 cm³/mol. The van der Waals surface area contributed by atoms with Crippen molar-refractivity contribution >= 4 is 5.69 Å². The lowest BCUT2D eigenvalue weighted by molar-refractivity contribution is 0.152. The Balaban J connectivity index is 2.16. The number of alkyl halides is 2. The van der Waals surface area contributed by atoms with E-state index in [2.05, 4.69) is 4.90 Å². The fraction of sp³-hybridized carbons (Fsp3) is 0.294. The Hall–Kier alpha value is -1.90. The Bertz CT molecular complexity index is 575. The van der Waals surface area contributed by atoms with Crippen LogP contribution in [-0.2, 0) is 0 Å². The van der Waals surface area contributed by atoms with Gasteiger partial charge in [0.2, 0.25) is 0 Å². The minimum absolute atomic E-state index is 0.147. The fourth-order valence-electron chi connectivity index (χ4n) is 2.88. The van der Waals surface area contributed by atoms with E-state index < -0.39 is 6.43 Å². The summed E-state index contributed by atoms with van der Waals surface area (Å²) < 4.78 is 26.7. The molecule has 3 heteroatoms. The van der Waals surface area contributed by atoms with Crippen molar-refractivity contribution in [2.24, 2.45) is 0 Å². The number of nitrogens with zero attached hydrogens (tertiary/aromatic N) is 1. The first kappa shape index (κ1) is 13.1. The molecule has 0 spiro atoms. The molecule has 0 saturated carbocycles. The van der Waals surface area contributed by atoms with E-state index in [4.69, 9.17) is 0 Å². The van der Waals surface area contributed by atoms with Crippen LogP contribution in [0.3, 0.4) is 0 Å². The van der Waals surface area contributed by atoms with Crippen LogP contribution in [0.15, 0.2) is 48.5 Å². The fourth-order valence-corrected chi connectivity index (χ4v) is 2.88. The molecule has 1 fully saturated rings. The van der Waals surface area contributed by atoms with Crippen molar-refractivity contribution in [3.05, 3.63) is 54.1 Å². The molecule has 2 aromatic carbocycles. The Morgan fingerprint density at radius 1 is 0.850 bits per heavy atom. The zero-order valence-electron chi connectivity index (χ0n) is 11.2. The number of benzene rings is 2. The SMILES string of the molecule is FC(F)c1cccc(-c2ccccc2)c1N1CCCC1. The zero-order valence-corrected chi connectivity index (χ0v) is 11.2. The lowest BCUT2D eigenvalue weighted by Gasteiger charge is -2.25. The summed E-state index contributed by atoms with van der Waals surface area (Å²) in [5.41, 5.74) is 2.77. The number of halogens is 2. The normalized spacial score (nSPS) is 15.1. The molecule has 20 heavy (non-hydrogen) atoms. The van der Waals surface area contributed by atoms with Gasteiger partial charge in [0.25, 0.3) is 6.43 Å². The van der Waals surface area contributed by atoms with Crippen LogP contribution in [0.1, 0.15) is 24.8 Å². The summed E-state index contributed by atoms with van der Waals surface area (Å²) in [6.45, 7) is 1.73. The zero-order chi connectivity index (χ0) is 13.9. The summed E-state index contributed by atoms with van der Waals surface area (Å²) in [4.78, 5) is 2.10. The topological polar surface area (TPSA) is 3.24 Å². The molecule has 0 N–H and O–H groups in total. The number of anilines is 1. The molecule has 3 rings (SSSR count). The maximum absolute atomic E-state index is 13.4. The third kappa shape index (κ3) is 2.40. The van der Waals surface area contributed by atoms with E-state index in [1.807, 2.05) is 36.4 Å². The lowest BCUT2D eigenvalue weighted by atomic mass is 9.99. The molecule has 2 aromatic rings. The monoisotopic (exact) mass is 273 g/mol. The van der Waals surface area contributed by atoms with Crippen molar-refractivity contribution in [2.45, 2.75) is 19.3 Å². The molecule has 0 unspecified atom stereocenters. The van der Waals surface area contributed by atoms with Crippen LogP contribution in [0.4, 0.5) is 14.5 Å². The first-order chi connectivity index (χ1) is 9.77. The highest BCUT2D eigenvalue weighted by Crippen LogP contribution is 2.39. The molecule has 104 valence electrons. The van der Waals surface area contributed by atoms with Gasteiger partial charge in [-0.1, -0.05) is 48.5 Å². The van der Waals surface area contributed by atoms with Crippen molar-refractivity contribution in [2.75, 3.05) is 18.0 Å². The van der Waals surface area contributed by atoms with Crippen LogP contribution in [-0.4, -0.2) is 13.1 Å². The largest absolute Gasteiger partial charge is 0.371 e. The van der Waals surface area contributed by atoms with Crippen molar-refractivity contribution in [3.8, 4) is 11.1 Å². The van der Waals surface area contributed by atoms with Gasteiger partial charge in [-0.3, -0.25) is 0 Å². The highest BCUT2D eigenvalue weighted by molar-refractivity contribution is 5.81. The molecule has 0 amide bonds. The highest BCUT2D eigenvalue weighted by atomic mass is 19.3. The van der Waals surface area contributed by atoms with E-state index in [-0.39, 0.29) is 5.56 Å². The van der Waals surface area contributed by atoms with Crippen molar-refractivity contribution in [1.82, 2.24) is 0 Å². The van der Waals surface area contributed by atoms with Gasteiger partial charge >= 0.3 is 0 Å². The van der Waals surface area contributed by atoms with Gasteiger partial charge in [-0.05, 0) is 18.4 Å². The van der Waals surface area contributed by atoms with Crippen molar-refractivity contribution in [3.63, 3.8) is 0 Å². The maximum Gasteiger partial charge on any atom is 0.265 e. The van der Waals surface area contributed by atoms with Crippen LogP contribution >= 0.6 is 0 Å². The van der Waals surface area contributed by atoms with Gasteiger partial charge in [0.05, 0.1) is 5.69 Å². The smallest absolute Gasteiger partial charge is 0.265 e. The van der Waals surface area contributed by atoms with Crippen LogP contribution in [0, 0.1) is 0 Å². The summed E-state index contributed by atoms with van der Waals surface area (Å²) in [7, 11) is 0. The van der Waals surface area contributed by atoms with Gasteiger partial charge in [-0.15, -0.1) is 0 Å². The average molecular weight is 273 g/mol. The quantitative estimate of drug-likeness (QED) is 0.769. The Morgan fingerprint density at radius 2 is 1.55 bits per heavy atom. The number of para-hydroxylation sites is 1. The molecule has 1 heterocycles. The Labute approximate surface area is 117 Å². The second-order valence-corrected chi connectivity index (χ2v) is 5.10. The third-order valence-corrected chi connectivity index (χ3v) is 3.81. The van der Waals surface area contributed by atoms with E-state index in [0.29, 0.717) is 5.69 Å². The molecule has 1 nitrogen and oxygen atoms in total. The molecule has 0 radical (unpaired) electrons. The summed E-state index contributed by atoms with van der Waals surface area (Å²) in [6, 6.07) is 15.0. The Kier molecular flexibility index (Phi) is 3.68. The van der Waals surface area contributed by atoms with Crippen molar-refractivity contribution < 1.29 is 8.78 Å². The molecule has 0 aliphatic carbocycles. The van der Waals surface area contributed by atoms with Gasteiger partial charge in [-0.25, -0.2) is 8.78 Å². The van der Waals surface area contributed by atoms with E-state index >= 15 is 0 Å². The number of hydrogen-bond donors (Lipinski definition) is 0. The summed E-state index contributed by atoms with van der Waals surface area (Å²) >= 11 is 0. The molecule has 1 saturated heterocycles. The van der Waals surface area contributed by atoms with E-state index in [0.717, 1.165) is 37.1 Å². The standard InChI is InChI=1S/C17H17F2N/c18-17(19)15-10-6-9-14(13-7-2-1-3-8-13)16(15)20-11-4-5-12-20/h1-3,6-10,17H,4-5,11-12H2. The van der Waals surface area contributed by atoms with E-state index in [1.165, 1.54) is 0 Å². The first-order valence-corrected chi connectivity index (χ1v) is 6.99. The van der Waals surface area contributed by atoms with Gasteiger partial charge < -0.3 is 4.90 Å². The molecular weight excluding hydrogens is 256 g/mol. The number of rotatable bonds is 3. The van der Waals surface area contributed by atoms with Crippen molar-refractivity contribution in [1.29, 1.82) is 0 Å². The first-order valence-electron chi connectivity index (χ1n) is 6.99. The summed E-state index contributed by atoms with van der Waals surface area (Å²) in [5.74, 6) is 0. The van der Waals surface area contributed by atoms with Gasteiger partial charge in [0, 0.05) is 24.2 Å². The summed E-state index contributed by atoms with van der Waals surface area (Å²) in [6.07, 6.45) is -0.285. The molecule has 1 aliphatic rings. The van der Waals surface area contributed by atoms with E-state index in [9.17, 15) is 8.78 Å². The second kappa shape index (κ2) is 5.61. The van der Waals surface area contributed by atoms with E-state index in [1.54, 1.807) is 12.1 Å². The van der Waals surface area contributed by atoms with Gasteiger partial charge in [0.1, 0.15) is 0 Å². The predicted octanol–water partition coefficient (Wildman–Crippen LogP) is 4.89. The average Bonchev–Trinajstić information content (AvgIpc) is 3.01.